The Morgan fingerprint density at radius 3 is 2.35 bits per heavy atom. The molecule has 2 rings (SSSR count). The van der Waals surface area contributed by atoms with Crippen molar-refractivity contribution in [3.63, 3.8) is 0 Å². The van der Waals surface area contributed by atoms with Gasteiger partial charge >= 0.3 is 5.97 Å². The fraction of sp³-hybridized carbons (Fsp3) is 0.588. The van der Waals surface area contributed by atoms with Crippen molar-refractivity contribution in [1.29, 1.82) is 0 Å². The molecule has 1 aromatic carbocycles. The number of aryl methyl sites for hydroxylation is 1. The van der Waals surface area contributed by atoms with Gasteiger partial charge in [-0.3, -0.25) is 4.79 Å². The first kappa shape index (κ1) is 14.9. The normalized spacial score (nSPS) is 16.9. The van der Waals surface area contributed by atoms with Gasteiger partial charge in [0.25, 0.3) is 0 Å². The van der Waals surface area contributed by atoms with Crippen molar-refractivity contribution in [3.8, 4) is 5.75 Å². The topological polar surface area (TPSA) is 46.5 Å². The minimum absolute atomic E-state index is 0.0224. The number of ether oxygens (including phenoxy) is 1. The van der Waals surface area contributed by atoms with Gasteiger partial charge in [0.2, 0.25) is 0 Å². The standard InChI is InChI=1S/C17H24O3/c1-11-8-12(17(6-7-17)10-14(18)19)9-13(15(11)20-5)16(2,3)4/h8-9H,6-7,10H2,1-5H3,(H,18,19). The third kappa shape index (κ3) is 2.67. The number of carbonyl (C=O) groups is 1. The minimum Gasteiger partial charge on any atom is -0.496 e. The molecule has 110 valence electrons. The highest BCUT2D eigenvalue weighted by atomic mass is 16.5. The molecule has 1 N–H and O–H groups in total. The SMILES string of the molecule is COc1c(C)cc(C2(CC(=O)O)CC2)cc1C(C)(C)C. The Balaban J connectivity index is 2.52. The second kappa shape index (κ2) is 4.80. The van der Waals surface area contributed by atoms with Crippen LogP contribution in [0, 0.1) is 6.92 Å². The van der Waals surface area contributed by atoms with Gasteiger partial charge in [0.05, 0.1) is 13.5 Å². The number of hydrogen-bond donors (Lipinski definition) is 1. The Bertz CT molecular complexity index is 534. The summed E-state index contributed by atoms with van der Waals surface area (Å²) in [7, 11) is 1.70. The lowest BCUT2D eigenvalue weighted by molar-refractivity contribution is -0.137. The van der Waals surface area contributed by atoms with Crippen LogP contribution in [0.15, 0.2) is 12.1 Å². The fourth-order valence-electron chi connectivity index (χ4n) is 2.92. The van der Waals surface area contributed by atoms with Gasteiger partial charge in [0.15, 0.2) is 0 Å². The van der Waals surface area contributed by atoms with Gasteiger partial charge in [0, 0.05) is 11.0 Å². The van der Waals surface area contributed by atoms with Crippen LogP contribution >= 0.6 is 0 Å². The van der Waals surface area contributed by atoms with Crippen LogP contribution in [0.5, 0.6) is 5.75 Å². The Labute approximate surface area is 121 Å². The molecule has 0 bridgehead atoms. The monoisotopic (exact) mass is 276 g/mol. The summed E-state index contributed by atoms with van der Waals surface area (Å²) in [6.07, 6.45) is 2.16. The molecule has 0 saturated heterocycles. The highest BCUT2D eigenvalue weighted by Gasteiger charge is 2.46. The number of carboxylic acid groups (broad SMARTS) is 1. The van der Waals surface area contributed by atoms with Crippen molar-refractivity contribution in [2.75, 3.05) is 7.11 Å². The summed E-state index contributed by atoms with van der Waals surface area (Å²) in [6, 6.07) is 4.26. The van der Waals surface area contributed by atoms with Gasteiger partial charge in [-0.1, -0.05) is 32.9 Å². The van der Waals surface area contributed by atoms with Gasteiger partial charge in [-0.25, -0.2) is 0 Å². The van der Waals surface area contributed by atoms with E-state index in [0.29, 0.717) is 0 Å². The van der Waals surface area contributed by atoms with Crippen molar-refractivity contribution < 1.29 is 14.6 Å². The molecule has 0 amide bonds. The molecule has 0 unspecified atom stereocenters. The Morgan fingerprint density at radius 1 is 1.35 bits per heavy atom. The molecule has 0 heterocycles. The Hall–Kier alpha value is -1.51. The Morgan fingerprint density at radius 2 is 1.95 bits per heavy atom. The molecule has 0 atom stereocenters. The number of methoxy groups -OCH3 is 1. The van der Waals surface area contributed by atoms with E-state index >= 15 is 0 Å². The first-order chi connectivity index (χ1) is 9.19. The molecule has 20 heavy (non-hydrogen) atoms. The summed E-state index contributed by atoms with van der Waals surface area (Å²) in [4.78, 5) is 11.1. The van der Waals surface area contributed by atoms with Gasteiger partial charge in [-0.15, -0.1) is 0 Å². The lowest BCUT2D eigenvalue weighted by Gasteiger charge is -2.26. The van der Waals surface area contributed by atoms with Gasteiger partial charge in [-0.2, -0.15) is 0 Å². The molecule has 1 saturated carbocycles. The maximum Gasteiger partial charge on any atom is 0.304 e. The van der Waals surface area contributed by atoms with Crippen LogP contribution in [0.3, 0.4) is 0 Å². The highest BCUT2D eigenvalue weighted by molar-refractivity contribution is 5.70. The van der Waals surface area contributed by atoms with Gasteiger partial charge in [0.1, 0.15) is 5.75 Å². The molecule has 1 aliphatic rings. The smallest absolute Gasteiger partial charge is 0.304 e. The van der Waals surface area contributed by atoms with E-state index in [-0.39, 0.29) is 17.3 Å². The molecule has 0 aliphatic heterocycles. The average Bonchev–Trinajstić information content (AvgIpc) is 3.06. The van der Waals surface area contributed by atoms with Crippen LogP contribution in [0.2, 0.25) is 0 Å². The molecule has 3 heteroatoms. The van der Waals surface area contributed by atoms with Crippen LogP contribution < -0.4 is 4.74 Å². The number of benzene rings is 1. The molecule has 0 spiro atoms. The van der Waals surface area contributed by atoms with Gasteiger partial charge in [-0.05, 0) is 36.3 Å². The third-order valence-electron chi connectivity index (χ3n) is 4.24. The number of hydrogen-bond acceptors (Lipinski definition) is 2. The van der Waals surface area contributed by atoms with Crippen LogP contribution in [-0.2, 0) is 15.6 Å². The molecule has 1 aliphatic carbocycles. The van der Waals surface area contributed by atoms with E-state index in [1.54, 1.807) is 7.11 Å². The lowest BCUT2D eigenvalue weighted by atomic mass is 9.81. The van der Waals surface area contributed by atoms with Crippen LogP contribution in [0.25, 0.3) is 0 Å². The van der Waals surface area contributed by atoms with Crippen LogP contribution in [0.1, 0.15) is 56.7 Å². The number of aliphatic carboxylic acids is 1. The summed E-state index contributed by atoms with van der Waals surface area (Å²) in [5.74, 6) is 0.209. The first-order valence-corrected chi connectivity index (χ1v) is 7.11. The second-order valence-corrected chi connectivity index (χ2v) is 6.97. The van der Waals surface area contributed by atoms with E-state index in [4.69, 9.17) is 9.84 Å². The first-order valence-electron chi connectivity index (χ1n) is 7.11. The van der Waals surface area contributed by atoms with Gasteiger partial charge < -0.3 is 9.84 Å². The van der Waals surface area contributed by atoms with E-state index in [1.165, 1.54) is 0 Å². The molecule has 0 radical (unpaired) electrons. The zero-order valence-corrected chi connectivity index (χ0v) is 13.0. The predicted octanol–water partition coefficient (Wildman–Crippen LogP) is 3.81. The average molecular weight is 276 g/mol. The van der Waals surface area contributed by atoms with E-state index in [9.17, 15) is 4.79 Å². The zero-order valence-electron chi connectivity index (χ0n) is 13.0. The van der Waals surface area contributed by atoms with Crippen molar-refractivity contribution in [2.45, 2.75) is 57.8 Å². The van der Waals surface area contributed by atoms with E-state index < -0.39 is 5.97 Å². The second-order valence-electron chi connectivity index (χ2n) is 6.97. The van der Waals surface area contributed by atoms with Crippen molar-refractivity contribution in [3.05, 3.63) is 28.8 Å². The minimum atomic E-state index is -0.715. The summed E-state index contributed by atoms with van der Waals surface area (Å²) in [6.45, 7) is 8.51. The predicted molar refractivity (Wildman–Crippen MR) is 79.6 cm³/mol. The molecule has 1 aromatic rings. The molecular formula is C17H24O3. The van der Waals surface area contributed by atoms with Crippen LogP contribution in [0.4, 0.5) is 0 Å². The zero-order chi connectivity index (χ0) is 15.1. The lowest BCUT2D eigenvalue weighted by Crippen LogP contribution is -2.18. The summed E-state index contributed by atoms with van der Waals surface area (Å²) >= 11 is 0. The third-order valence-corrected chi connectivity index (χ3v) is 4.24. The maximum atomic E-state index is 11.1. The van der Waals surface area contributed by atoms with Crippen molar-refractivity contribution >= 4 is 5.97 Å². The summed E-state index contributed by atoms with van der Waals surface area (Å²) < 4.78 is 5.56. The number of rotatable bonds is 4. The summed E-state index contributed by atoms with van der Waals surface area (Å²) in [5, 5.41) is 9.12. The molecule has 0 aromatic heterocycles. The molecule has 1 fully saturated rings. The quantitative estimate of drug-likeness (QED) is 0.909. The molecular weight excluding hydrogens is 252 g/mol. The van der Waals surface area contributed by atoms with Crippen LogP contribution in [-0.4, -0.2) is 18.2 Å². The maximum absolute atomic E-state index is 11.1. The van der Waals surface area contributed by atoms with E-state index in [2.05, 4.69) is 32.9 Å². The van der Waals surface area contributed by atoms with E-state index in [1.807, 2.05) is 6.92 Å². The number of carboxylic acids is 1. The molecule has 3 nitrogen and oxygen atoms in total. The summed E-state index contributed by atoms with van der Waals surface area (Å²) in [5.41, 5.74) is 3.23. The highest BCUT2D eigenvalue weighted by Crippen LogP contribution is 2.52. The van der Waals surface area contributed by atoms with E-state index in [0.717, 1.165) is 35.3 Å². The fourth-order valence-corrected chi connectivity index (χ4v) is 2.92. The van der Waals surface area contributed by atoms with Crippen molar-refractivity contribution in [1.82, 2.24) is 0 Å². The van der Waals surface area contributed by atoms with Crippen molar-refractivity contribution in [2.24, 2.45) is 0 Å². The largest absolute Gasteiger partial charge is 0.496 e. The Kier molecular flexibility index (Phi) is 3.57.